The lowest BCUT2D eigenvalue weighted by atomic mass is 9.99. The summed E-state index contributed by atoms with van der Waals surface area (Å²) in [5.41, 5.74) is 8.21. The molecule has 0 saturated heterocycles. The third-order valence-corrected chi connectivity index (χ3v) is 5.18. The monoisotopic (exact) mass is 336 g/mol. The van der Waals surface area contributed by atoms with E-state index < -0.39 is 16.1 Å². The summed E-state index contributed by atoms with van der Waals surface area (Å²) in [6.45, 7) is 6.12. The van der Waals surface area contributed by atoms with E-state index in [1.165, 1.54) is 11.8 Å². The molecule has 1 atom stereocenters. The second-order valence-corrected chi connectivity index (χ2v) is 7.73. The molecule has 1 aromatic heterocycles. The number of nitrogens with one attached hydrogen (secondary N) is 1. The Labute approximate surface area is 137 Å². The van der Waals surface area contributed by atoms with Gasteiger partial charge in [-0.2, -0.15) is 0 Å². The van der Waals surface area contributed by atoms with Crippen LogP contribution in [0.15, 0.2) is 35.5 Å². The molecule has 0 spiro atoms. The minimum absolute atomic E-state index is 0.0138. The number of aromatic nitrogens is 2. The molecule has 2 rings (SSSR count). The largest absolute Gasteiger partial charge is 0.337 e. The molecule has 23 heavy (non-hydrogen) atoms. The van der Waals surface area contributed by atoms with Gasteiger partial charge in [0, 0.05) is 25.8 Å². The Kier molecular flexibility index (Phi) is 5.23. The zero-order valence-electron chi connectivity index (χ0n) is 13.9. The van der Waals surface area contributed by atoms with Crippen LogP contribution in [0.3, 0.4) is 0 Å². The highest BCUT2D eigenvalue weighted by Crippen LogP contribution is 2.18. The average molecular weight is 336 g/mol. The van der Waals surface area contributed by atoms with Crippen molar-refractivity contribution in [3.05, 3.63) is 47.4 Å². The fraction of sp³-hybridized carbons (Fsp3) is 0.438. The number of imidazole rings is 1. The first-order valence-electron chi connectivity index (χ1n) is 7.56. The summed E-state index contributed by atoms with van der Waals surface area (Å²) >= 11 is 0. The molecule has 0 aliphatic heterocycles. The molecule has 0 aliphatic rings. The van der Waals surface area contributed by atoms with E-state index in [0.29, 0.717) is 11.7 Å². The van der Waals surface area contributed by atoms with Crippen LogP contribution < -0.4 is 10.5 Å². The molecule has 7 heteroatoms. The Morgan fingerprint density at radius 1 is 1.22 bits per heavy atom. The molecule has 6 nitrogen and oxygen atoms in total. The Balaban J connectivity index is 2.04. The van der Waals surface area contributed by atoms with Crippen LogP contribution in [-0.4, -0.2) is 24.5 Å². The maximum Gasteiger partial charge on any atom is 0.259 e. The smallest absolute Gasteiger partial charge is 0.259 e. The van der Waals surface area contributed by atoms with Crippen LogP contribution in [0.25, 0.3) is 0 Å². The molecule has 0 fully saturated rings. The van der Waals surface area contributed by atoms with Gasteiger partial charge in [0.05, 0.1) is 0 Å². The third kappa shape index (κ3) is 4.19. The predicted octanol–water partition coefficient (Wildman–Crippen LogP) is 1.83. The zero-order chi connectivity index (χ0) is 17.2. The molecule has 2 aromatic rings. The van der Waals surface area contributed by atoms with Crippen LogP contribution in [0.5, 0.6) is 0 Å². The van der Waals surface area contributed by atoms with Crippen molar-refractivity contribution in [2.24, 2.45) is 12.8 Å². The summed E-state index contributed by atoms with van der Waals surface area (Å²) in [5, 5.41) is 0.0138. The van der Waals surface area contributed by atoms with E-state index in [1.807, 2.05) is 24.3 Å². The molecule has 3 N–H and O–H groups in total. The Hall–Kier alpha value is -1.70. The number of benzene rings is 1. The molecule has 0 unspecified atom stereocenters. The number of hydrogen-bond acceptors (Lipinski definition) is 4. The lowest BCUT2D eigenvalue weighted by molar-refractivity contribution is 0.569. The number of nitrogens with two attached hydrogens (primary N) is 1. The van der Waals surface area contributed by atoms with E-state index in [2.05, 4.69) is 23.6 Å². The van der Waals surface area contributed by atoms with Gasteiger partial charge in [-0.1, -0.05) is 38.1 Å². The molecule has 0 aliphatic carbocycles. The van der Waals surface area contributed by atoms with Crippen LogP contribution in [0.1, 0.15) is 42.8 Å². The van der Waals surface area contributed by atoms with Crippen molar-refractivity contribution < 1.29 is 8.42 Å². The number of rotatable bonds is 6. The first-order valence-corrected chi connectivity index (χ1v) is 9.04. The SMILES string of the molecule is Cc1nc(S(=O)(=O)NC[C@H](N)c2ccc(C(C)C)cc2)cn1C. The van der Waals surface area contributed by atoms with Crippen molar-refractivity contribution in [1.82, 2.24) is 14.3 Å². The van der Waals surface area contributed by atoms with Crippen molar-refractivity contribution >= 4 is 10.0 Å². The Morgan fingerprint density at radius 3 is 2.26 bits per heavy atom. The second kappa shape index (κ2) is 6.82. The summed E-state index contributed by atoms with van der Waals surface area (Å²) in [5.74, 6) is 1.09. The molecule has 0 radical (unpaired) electrons. The van der Waals surface area contributed by atoms with Crippen LogP contribution >= 0.6 is 0 Å². The van der Waals surface area contributed by atoms with E-state index in [-0.39, 0.29) is 11.6 Å². The van der Waals surface area contributed by atoms with E-state index in [4.69, 9.17) is 5.73 Å². The summed E-state index contributed by atoms with van der Waals surface area (Å²) in [6.07, 6.45) is 1.49. The minimum Gasteiger partial charge on any atom is -0.337 e. The van der Waals surface area contributed by atoms with Crippen molar-refractivity contribution in [1.29, 1.82) is 0 Å². The fourth-order valence-electron chi connectivity index (χ4n) is 2.18. The van der Waals surface area contributed by atoms with Crippen LogP contribution in [-0.2, 0) is 17.1 Å². The van der Waals surface area contributed by atoms with Crippen molar-refractivity contribution in [2.45, 2.75) is 37.8 Å². The van der Waals surface area contributed by atoms with Gasteiger partial charge in [-0.3, -0.25) is 0 Å². The Morgan fingerprint density at radius 2 is 1.78 bits per heavy atom. The first kappa shape index (κ1) is 17.7. The van der Waals surface area contributed by atoms with Gasteiger partial charge in [0.1, 0.15) is 5.82 Å². The number of hydrogen-bond donors (Lipinski definition) is 2. The maximum atomic E-state index is 12.2. The van der Waals surface area contributed by atoms with Gasteiger partial charge in [-0.25, -0.2) is 18.1 Å². The van der Waals surface area contributed by atoms with Crippen molar-refractivity contribution in [3.63, 3.8) is 0 Å². The molecule has 126 valence electrons. The molecule has 0 saturated carbocycles. The summed E-state index contributed by atoms with van der Waals surface area (Å²) < 4.78 is 28.7. The zero-order valence-corrected chi connectivity index (χ0v) is 14.8. The van der Waals surface area contributed by atoms with Crippen molar-refractivity contribution in [2.75, 3.05) is 6.54 Å². The van der Waals surface area contributed by atoms with Gasteiger partial charge in [-0.15, -0.1) is 0 Å². The van der Waals surface area contributed by atoms with Gasteiger partial charge in [0.2, 0.25) is 0 Å². The molecule has 1 aromatic carbocycles. The lowest BCUT2D eigenvalue weighted by Gasteiger charge is -2.14. The highest BCUT2D eigenvalue weighted by molar-refractivity contribution is 7.89. The van der Waals surface area contributed by atoms with Gasteiger partial charge >= 0.3 is 0 Å². The summed E-state index contributed by atoms with van der Waals surface area (Å²) in [4.78, 5) is 4.04. The normalized spacial score (nSPS) is 13.5. The highest BCUT2D eigenvalue weighted by Gasteiger charge is 2.19. The quantitative estimate of drug-likeness (QED) is 0.842. The van der Waals surface area contributed by atoms with Gasteiger partial charge < -0.3 is 10.3 Å². The van der Waals surface area contributed by atoms with Crippen molar-refractivity contribution in [3.8, 4) is 0 Å². The molecular weight excluding hydrogens is 312 g/mol. The van der Waals surface area contributed by atoms with Crippen LogP contribution in [0, 0.1) is 6.92 Å². The van der Waals surface area contributed by atoms with E-state index in [9.17, 15) is 8.42 Å². The Bertz CT molecular complexity index is 744. The van der Waals surface area contributed by atoms with E-state index in [0.717, 1.165) is 5.56 Å². The standard InChI is InChI=1S/C16H24N4O2S/c1-11(2)13-5-7-14(8-6-13)15(17)9-18-23(21,22)16-10-20(4)12(3)19-16/h5-8,10-11,15,18H,9,17H2,1-4H3/t15-/m0/s1. The fourth-order valence-corrected chi connectivity index (χ4v) is 3.27. The van der Waals surface area contributed by atoms with Gasteiger partial charge in [0.15, 0.2) is 5.03 Å². The third-order valence-electron chi connectivity index (χ3n) is 3.89. The molecule has 0 bridgehead atoms. The van der Waals surface area contributed by atoms with Gasteiger partial charge in [-0.05, 0) is 24.0 Å². The molecule has 1 heterocycles. The maximum absolute atomic E-state index is 12.2. The van der Waals surface area contributed by atoms with Crippen LogP contribution in [0.4, 0.5) is 0 Å². The van der Waals surface area contributed by atoms with E-state index in [1.54, 1.807) is 18.5 Å². The van der Waals surface area contributed by atoms with E-state index >= 15 is 0 Å². The predicted molar refractivity (Wildman–Crippen MR) is 90.6 cm³/mol. The number of aryl methyl sites for hydroxylation is 2. The lowest BCUT2D eigenvalue weighted by Crippen LogP contribution is -2.32. The van der Waals surface area contributed by atoms with Crippen LogP contribution in [0.2, 0.25) is 0 Å². The number of nitrogens with zero attached hydrogens (tertiary/aromatic N) is 2. The first-order chi connectivity index (χ1) is 10.7. The minimum atomic E-state index is -3.65. The highest BCUT2D eigenvalue weighted by atomic mass is 32.2. The number of sulfonamides is 1. The van der Waals surface area contributed by atoms with Gasteiger partial charge in [0.25, 0.3) is 10.0 Å². The molecule has 0 amide bonds. The summed E-state index contributed by atoms with van der Waals surface area (Å²) in [7, 11) is -1.90. The second-order valence-electron chi connectivity index (χ2n) is 6.02. The topological polar surface area (TPSA) is 90.0 Å². The summed E-state index contributed by atoms with van der Waals surface area (Å²) in [6, 6.07) is 7.53. The molecular formula is C16H24N4O2S. The average Bonchev–Trinajstić information content (AvgIpc) is 2.85.